The van der Waals surface area contributed by atoms with Crippen molar-refractivity contribution in [2.45, 2.75) is 6.42 Å². The molecule has 2 rings (SSSR count). The van der Waals surface area contributed by atoms with Gasteiger partial charge in [-0.3, -0.25) is 0 Å². The topological polar surface area (TPSA) is 21.3 Å². The molecule has 19 heavy (non-hydrogen) atoms. The molecule has 0 spiro atoms. The number of rotatable bonds is 7. The van der Waals surface area contributed by atoms with Gasteiger partial charge >= 0.3 is 0 Å². The third-order valence-corrected chi connectivity index (χ3v) is 3.69. The molecular formula is C16H18BrNO. The van der Waals surface area contributed by atoms with Crippen LogP contribution in [0.15, 0.2) is 53.5 Å². The van der Waals surface area contributed by atoms with Crippen molar-refractivity contribution in [1.29, 1.82) is 0 Å². The normalized spacial score (nSPS) is 10.6. The molecule has 2 aromatic carbocycles. The van der Waals surface area contributed by atoms with Crippen molar-refractivity contribution in [3.05, 3.63) is 53.5 Å². The fourth-order valence-corrected chi connectivity index (χ4v) is 2.52. The van der Waals surface area contributed by atoms with Gasteiger partial charge in [-0.2, -0.15) is 0 Å². The average molecular weight is 320 g/mol. The van der Waals surface area contributed by atoms with E-state index in [1.165, 1.54) is 10.8 Å². The van der Waals surface area contributed by atoms with Crippen molar-refractivity contribution in [3.8, 4) is 5.75 Å². The standard InChI is InChI=1S/C16H18BrNO/c1-2-10-18-11-5-12-19-15-9-8-13-6-3-4-7-14(13)16(15)17/h2-4,6-9,18H,1,5,10-12H2. The molecule has 0 unspecified atom stereocenters. The maximum Gasteiger partial charge on any atom is 0.134 e. The highest BCUT2D eigenvalue weighted by Gasteiger charge is 2.05. The molecule has 0 aliphatic carbocycles. The van der Waals surface area contributed by atoms with Gasteiger partial charge in [0.05, 0.1) is 11.1 Å². The zero-order valence-corrected chi connectivity index (χ0v) is 12.4. The predicted molar refractivity (Wildman–Crippen MR) is 84.8 cm³/mol. The van der Waals surface area contributed by atoms with Crippen molar-refractivity contribution >= 4 is 26.7 Å². The molecule has 0 aromatic heterocycles. The fraction of sp³-hybridized carbons (Fsp3) is 0.250. The molecule has 100 valence electrons. The molecule has 0 aliphatic heterocycles. The van der Waals surface area contributed by atoms with Gasteiger partial charge in [-0.1, -0.05) is 36.4 Å². The summed E-state index contributed by atoms with van der Waals surface area (Å²) in [5, 5.41) is 5.66. The Kier molecular flexibility index (Phi) is 5.43. The van der Waals surface area contributed by atoms with E-state index in [4.69, 9.17) is 4.74 Å². The molecule has 0 bridgehead atoms. The van der Waals surface area contributed by atoms with Crippen LogP contribution in [0.4, 0.5) is 0 Å². The van der Waals surface area contributed by atoms with E-state index in [1.54, 1.807) is 0 Å². The van der Waals surface area contributed by atoms with E-state index in [2.05, 4.69) is 46.0 Å². The minimum absolute atomic E-state index is 0.709. The summed E-state index contributed by atoms with van der Waals surface area (Å²) in [6.07, 6.45) is 2.84. The molecule has 0 amide bonds. The van der Waals surface area contributed by atoms with Gasteiger partial charge in [-0.15, -0.1) is 6.58 Å². The second-order valence-corrected chi connectivity index (χ2v) is 5.09. The Balaban J connectivity index is 1.94. The van der Waals surface area contributed by atoms with E-state index in [-0.39, 0.29) is 0 Å². The van der Waals surface area contributed by atoms with Crippen LogP contribution in [0.25, 0.3) is 10.8 Å². The largest absolute Gasteiger partial charge is 0.492 e. The maximum absolute atomic E-state index is 5.81. The molecule has 0 heterocycles. The van der Waals surface area contributed by atoms with E-state index in [0.29, 0.717) is 6.61 Å². The first-order valence-electron chi connectivity index (χ1n) is 6.44. The lowest BCUT2D eigenvalue weighted by molar-refractivity contribution is 0.308. The summed E-state index contributed by atoms with van der Waals surface area (Å²) in [7, 11) is 0. The van der Waals surface area contributed by atoms with Crippen LogP contribution in [-0.4, -0.2) is 19.7 Å². The highest BCUT2D eigenvalue weighted by Crippen LogP contribution is 2.32. The third-order valence-electron chi connectivity index (χ3n) is 2.87. The van der Waals surface area contributed by atoms with Crippen molar-refractivity contribution in [2.24, 2.45) is 0 Å². The Morgan fingerprint density at radius 1 is 1.21 bits per heavy atom. The average Bonchev–Trinajstić information content (AvgIpc) is 2.45. The van der Waals surface area contributed by atoms with E-state index < -0.39 is 0 Å². The second kappa shape index (κ2) is 7.31. The van der Waals surface area contributed by atoms with Gasteiger partial charge in [0.15, 0.2) is 0 Å². The maximum atomic E-state index is 5.81. The van der Waals surface area contributed by atoms with Crippen molar-refractivity contribution in [2.75, 3.05) is 19.7 Å². The third kappa shape index (κ3) is 3.82. The van der Waals surface area contributed by atoms with Gasteiger partial charge in [0, 0.05) is 6.54 Å². The summed E-state index contributed by atoms with van der Waals surface area (Å²) < 4.78 is 6.84. The van der Waals surface area contributed by atoms with Gasteiger partial charge in [0.25, 0.3) is 0 Å². The highest BCUT2D eigenvalue weighted by atomic mass is 79.9. The Morgan fingerprint density at radius 3 is 2.89 bits per heavy atom. The number of benzene rings is 2. The van der Waals surface area contributed by atoms with E-state index in [9.17, 15) is 0 Å². The molecule has 3 heteroatoms. The number of fused-ring (bicyclic) bond motifs is 1. The Labute approximate surface area is 122 Å². The Hall–Kier alpha value is -1.32. The zero-order valence-electron chi connectivity index (χ0n) is 10.9. The van der Waals surface area contributed by atoms with E-state index in [1.807, 2.05) is 24.3 Å². The lowest BCUT2D eigenvalue weighted by atomic mass is 10.1. The predicted octanol–water partition coefficient (Wildman–Crippen LogP) is 4.15. The molecule has 0 fully saturated rings. The molecule has 2 nitrogen and oxygen atoms in total. The summed E-state index contributed by atoms with van der Waals surface area (Å²) >= 11 is 3.62. The van der Waals surface area contributed by atoms with Gasteiger partial charge in [0.1, 0.15) is 5.75 Å². The fourth-order valence-electron chi connectivity index (χ4n) is 1.91. The van der Waals surface area contributed by atoms with Crippen molar-refractivity contribution in [3.63, 3.8) is 0 Å². The molecule has 0 aliphatic rings. The summed E-state index contributed by atoms with van der Waals surface area (Å²) in [4.78, 5) is 0. The lowest BCUT2D eigenvalue weighted by Gasteiger charge is -2.10. The first kappa shape index (κ1) is 14.1. The van der Waals surface area contributed by atoms with Crippen LogP contribution < -0.4 is 10.1 Å². The molecule has 0 saturated carbocycles. The van der Waals surface area contributed by atoms with Gasteiger partial charge in [-0.25, -0.2) is 0 Å². The number of nitrogens with one attached hydrogen (secondary N) is 1. The molecule has 0 atom stereocenters. The molecule has 1 N–H and O–H groups in total. The summed E-state index contributed by atoms with van der Waals surface area (Å²) in [5.41, 5.74) is 0. The molecule has 2 aromatic rings. The zero-order chi connectivity index (χ0) is 13.5. The molecular weight excluding hydrogens is 302 g/mol. The van der Waals surface area contributed by atoms with E-state index >= 15 is 0 Å². The van der Waals surface area contributed by atoms with Crippen LogP contribution >= 0.6 is 15.9 Å². The Morgan fingerprint density at radius 2 is 2.05 bits per heavy atom. The Bertz CT molecular complexity index is 553. The van der Waals surface area contributed by atoms with Crippen molar-refractivity contribution in [1.82, 2.24) is 5.32 Å². The van der Waals surface area contributed by atoms with Gasteiger partial charge in [0.2, 0.25) is 0 Å². The number of halogens is 1. The lowest BCUT2D eigenvalue weighted by Crippen LogP contribution is -2.17. The molecule has 0 radical (unpaired) electrons. The minimum Gasteiger partial charge on any atom is -0.492 e. The quantitative estimate of drug-likeness (QED) is 0.611. The molecule has 0 saturated heterocycles. The van der Waals surface area contributed by atoms with Crippen LogP contribution in [-0.2, 0) is 0 Å². The highest BCUT2D eigenvalue weighted by molar-refractivity contribution is 9.10. The van der Waals surface area contributed by atoms with Crippen LogP contribution in [0.2, 0.25) is 0 Å². The SMILES string of the molecule is C=CCNCCCOc1ccc2ccccc2c1Br. The monoisotopic (exact) mass is 319 g/mol. The van der Waals surface area contributed by atoms with E-state index in [0.717, 1.165) is 29.7 Å². The van der Waals surface area contributed by atoms with Gasteiger partial charge in [-0.05, 0) is 45.7 Å². The second-order valence-electron chi connectivity index (χ2n) is 4.29. The summed E-state index contributed by atoms with van der Waals surface area (Å²) in [6.45, 7) is 6.16. The summed E-state index contributed by atoms with van der Waals surface area (Å²) in [6, 6.07) is 12.4. The number of hydrogen-bond donors (Lipinski definition) is 1. The van der Waals surface area contributed by atoms with Crippen LogP contribution in [0.5, 0.6) is 5.75 Å². The van der Waals surface area contributed by atoms with Crippen LogP contribution in [0, 0.1) is 0 Å². The van der Waals surface area contributed by atoms with Gasteiger partial charge < -0.3 is 10.1 Å². The van der Waals surface area contributed by atoms with Crippen LogP contribution in [0.1, 0.15) is 6.42 Å². The minimum atomic E-state index is 0.709. The van der Waals surface area contributed by atoms with Crippen LogP contribution in [0.3, 0.4) is 0 Å². The smallest absolute Gasteiger partial charge is 0.134 e. The first-order chi connectivity index (χ1) is 9.33. The van der Waals surface area contributed by atoms with Crippen molar-refractivity contribution < 1.29 is 4.74 Å². The summed E-state index contributed by atoms with van der Waals surface area (Å²) in [5.74, 6) is 0.905. The first-order valence-corrected chi connectivity index (χ1v) is 7.24. The number of ether oxygens (including phenoxy) is 1. The number of hydrogen-bond acceptors (Lipinski definition) is 2.